The molecule has 0 heterocycles. The molecule has 12 heavy (non-hydrogen) atoms. The molecule has 0 aromatic heterocycles. The van der Waals surface area contributed by atoms with Gasteiger partial charge in [-0.3, -0.25) is 0 Å². The van der Waals surface area contributed by atoms with Crippen LogP contribution in [0.4, 0.5) is 8.78 Å². The van der Waals surface area contributed by atoms with Gasteiger partial charge >= 0.3 is 0 Å². The Bertz CT molecular complexity index is 299. The standard InChI is InChI=1S/C8H7BrF2O/c1-4(12)5-2-8(11)6(9)3-7(5)10/h2-4,12H,1H3/t4-/m0/s1. The third kappa shape index (κ3) is 1.81. The van der Waals surface area contributed by atoms with Gasteiger partial charge in [-0.1, -0.05) is 0 Å². The van der Waals surface area contributed by atoms with E-state index in [9.17, 15) is 8.78 Å². The highest BCUT2D eigenvalue weighted by Gasteiger charge is 2.11. The van der Waals surface area contributed by atoms with Crippen molar-refractivity contribution in [1.82, 2.24) is 0 Å². The van der Waals surface area contributed by atoms with Crippen LogP contribution in [-0.4, -0.2) is 5.11 Å². The zero-order valence-corrected chi connectivity index (χ0v) is 7.90. The summed E-state index contributed by atoms with van der Waals surface area (Å²) in [7, 11) is 0. The number of benzene rings is 1. The van der Waals surface area contributed by atoms with Gasteiger partial charge in [-0.25, -0.2) is 8.78 Å². The van der Waals surface area contributed by atoms with Gasteiger partial charge in [0.2, 0.25) is 0 Å². The van der Waals surface area contributed by atoms with Crippen molar-refractivity contribution in [2.45, 2.75) is 13.0 Å². The molecular formula is C8H7BrF2O. The Hall–Kier alpha value is -0.480. The maximum Gasteiger partial charge on any atom is 0.137 e. The molecule has 1 atom stereocenters. The molecule has 1 aromatic rings. The van der Waals surface area contributed by atoms with Crippen LogP contribution < -0.4 is 0 Å². The van der Waals surface area contributed by atoms with Gasteiger partial charge in [-0.2, -0.15) is 0 Å². The first-order valence-electron chi connectivity index (χ1n) is 3.35. The molecule has 0 aliphatic rings. The molecule has 0 saturated carbocycles. The molecule has 0 aliphatic heterocycles. The van der Waals surface area contributed by atoms with Crippen LogP contribution in [0.15, 0.2) is 16.6 Å². The van der Waals surface area contributed by atoms with Gasteiger partial charge in [0.15, 0.2) is 0 Å². The van der Waals surface area contributed by atoms with Crippen molar-refractivity contribution < 1.29 is 13.9 Å². The van der Waals surface area contributed by atoms with Crippen LogP contribution >= 0.6 is 15.9 Å². The summed E-state index contributed by atoms with van der Waals surface area (Å²) in [6.07, 6.45) is -0.993. The van der Waals surface area contributed by atoms with Crippen LogP contribution in [0.3, 0.4) is 0 Å². The lowest BCUT2D eigenvalue weighted by Crippen LogP contribution is -1.97. The first kappa shape index (κ1) is 9.61. The van der Waals surface area contributed by atoms with Crippen LogP contribution in [0, 0.1) is 11.6 Å². The van der Waals surface area contributed by atoms with E-state index < -0.39 is 17.7 Å². The van der Waals surface area contributed by atoms with E-state index in [-0.39, 0.29) is 10.0 Å². The minimum absolute atomic E-state index is 0.0318. The van der Waals surface area contributed by atoms with Crippen LogP contribution in [0.25, 0.3) is 0 Å². The highest BCUT2D eigenvalue weighted by Crippen LogP contribution is 2.23. The highest BCUT2D eigenvalue weighted by atomic mass is 79.9. The molecule has 66 valence electrons. The van der Waals surface area contributed by atoms with Crippen LogP contribution in [0.1, 0.15) is 18.6 Å². The Morgan fingerprint density at radius 2 is 1.92 bits per heavy atom. The number of rotatable bonds is 1. The Morgan fingerprint density at radius 3 is 2.42 bits per heavy atom. The summed E-state index contributed by atoms with van der Waals surface area (Å²) < 4.78 is 25.8. The summed E-state index contributed by atoms with van der Waals surface area (Å²) in [5.41, 5.74) is -0.0318. The van der Waals surface area contributed by atoms with Crippen molar-refractivity contribution in [1.29, 1.82) is 0 Å². The van der Waals surface area contributed by atoms with Crippen molar-refractivity contribution in [2.75, 3.05) is 0 Å². The zero-order chi connectivity index (χ0) is 9.30. The van der Waals surface area contributed by atoms with E-state index in [1.165, 1.54) is 6.92 Å². The maximum atomic E-state index is 12.9. The topological polar surface area (TPSA) is 20.2 Å². The second kappa shape index (κ2) is 3.49. The number of aliphatic hydroxyl groups excluding tert-OH is 1. The van der Waals surface area contributed by atoms with Crippen molar-refractivity contribution in [3.63, 3.8) is 0 Å². The van der Waals surface area contributed by atoms with Crippen molar-refractivity contribution in [2.24, 2.45) is 0 Å². The fourth-order valence-electron chi connectivity index (χ4n) is 0.858. The number of hydrogen-bond donors (Lipinski definition) is 1. The van der Waals surface area contributed by atoms with Crippen LogP contribution in [0.2, 0.25) is 0 Å². The SMILES string of the molecule is C[C@H](O)c1cc(F)c(Br)cc1F. The molecule has 0 aliphatic carbocycles. The molecule has 1 nitrogen and oxygen atoms in total. The lowest BCUT2D eigenvalue weighted by molar-refractivity contribution is 0.193. The lowest BCUT2D eigenvalue weighted by atomic mass is 10.1. The minimum atomic E-state index is -0.993. The minimum Gasteiger partial charge on any atom is -0.389 e. The monoisotopic (exact) mass is 236 g/mol. The summed E-state index contributed by atoms with van der Waals surface area (Å²) in [5, 5.41) is 9.00. The van der Waals surface area contributed by atoms with Gasteiger partial charge in [0.1, 0.15) is 11.6 Å². The first-order valence-corrected chi connectivity index (χ1v) is 4.14. The first-order chi connectivity index (χ1) is 5.52. The molecular weight excluding hydrogens is 230 g/mol. The second-order valence-corrected chi connectivity index (χ2v) is 3.32. The van der Waals surface area contributed by atoms with E-state index in [0.717, 1.165) is 12.1 Å². The van der Waals surface area contributed by atoms with E-state index in [0.29, 0.717) is 0 Å². The Morgan fingerprint density at radius 1 is 1.33 bits per heavy atom. The average molecular weight is 237 g/mol. The van der Waals surface area contributed by atoms with Crippen molar-refractivity contribution >= 4 is 15.9 Å². The van der Waals surface area contributed by atoms with E-state index in [1.807, 2.05) is 0 Å². The van der Waals surface area contributed by atoms with E-state index in [1.54, 1.807) is 0 Å². The number of aliphatic hydroxyl groups is 1. The molecule has 1 aromatic carbocycles. The van der Waals surface area contributed by atoms with Gasteiger partial charge in [0.25, 0.3) is 0 Å². The van der Waals surface area contributed by atoms with Gasteiger partial charge in [-0.15, -0.1) is 0 Å². The number of hydrogen-bond acceptors (Lipinski definition) is 1. The lowest BCUT2D eigenvalue weighted by Gasteiger charge is -2.06. The summed E-state index contributed by atoms with van der Waals surface area (Å²) in [5.74, 6) is -1.19. The summed E-state index contributed by atoms with van der Waals surface area (Å²) in [6.45, 7) is 1.38. The van der Waals surface area contributed by atoms with Gasteiger partial charge in [-0.05, 0) is 35.0 Å². The Labute approximate surface area is 77.2 Å². The summed E-state index contributed by atoms with van der Waals surface area (Å²) >= 11 is 2.83. The zero-order valence-electron chi connectivity index (χ0n) is 6.31. The van der Waals surface area contributed by atoms with E-state index in [4.69, 9.17) is 5.11 Å². The molecule has 0 unspecified atom stereocenters. The van der Waals surface area contributed by atoms with E-state index >= 15 is 0 Å². The van der Waals surface area contributed by atoms with Crippen molar-refractivity contribution in [3.8, 4) is 0 Å². The smallest absolute Gasteiger partial charge is 0.137 e. The highest BCUT2D eigenvalue weighted by molar-refractivity contribution is 9.10. The Kier molecular flexibility index (Phi) is 2.80. The van der Waals surface area contributed by atoms with Gasteiger partial charge in [0, 0.05) is 5.56 Å². The largest absolute Gasteiger partial charge is 0.389 e. The molecule has 4 heteroatoms. The third-order valence-electron chi connectivity index (χ3n) is 1.49. The molecule has 0 bridgehead atoms. The third-order valence-corrected chi connectivity index (χ3v) is 2.10. The van der Waals surface area contributed by atoms with Crippen LogP contribution in [-0.2, 0) is 0 Å². The van der Waals surface area contributed by atoms with Gasteiger partial charge < -0.3 is 5.11 Å². The fourth-order valence-corrected chi connectivity index (χ4v) is 1.17. The average Bonchev–Trinajstić information content (AvgIpc) is 1.96. The van der Waals surface area contributed by atoms with Crippen molar-refractivity contribution in [3.05, 3.63) is 33.8 Å². The Balaban J connectivity index is 3.23. The fraction of sp³-hybridized carbons (Fsp3) is 0.250. The molecule has 0 amide bonds. The van der Waals surface area contributed by atoms with E-state index in [2.05, 4.69) is 15.9 Å². The summed E-state index contributed by atoms with van der Waals surface area (Å²) in [6, 6.07) is 1.97. The molecule has 1 N–H and O–H groups in total. The molecule has 0 saturated heterocycles. The molecule has 0 fully saturated rings. The second-order valence-electron chi connectivity index (χ2n) is 2.46. The van der Waals surface area contributed by atoms with Crippen LogP contribution in [0.5, 0.6) is 0 Å². The molecule has 0 spiro atoms. The molecule has 1 rings (SSSR count). The quantitative estimate of drug-likeness (QED) is 0.744. The van der Waals surface area contributed by atoms with Gasteiger partial charge in [0.05, 0.1) is 10.6 Å². The predicted molar refractivity (Wildman–Crippen MR) is 44.7 cm³/mol. The number of halogens is 3. The summed E-state index contributed by atoms with van der Waals surface area (Å²) in [4.78, 5) is 0. The predicted octanol–water partition coefficient (Wildman–Crippen LogP) is 2.78. The maximum absolute atomic E-state index is 12.9. The molecule has 0 radical (unpaired) electrons. The normalized spacial score (nSPS) is 13.1.